The van der Waals surface area contributed by atoms with Gasteiger partial charge in [0.1, 0.15) is 5.75 Å². The predicted molar refractivity (Wildman–Crippen MR) is 107 cm³/mol. The lowest BCUT2D eigenvalue weighted by atomic mass is 10.2. The molecule has 0 spiro atoms. The number of imidazole rings is 1. The quantitative estimate of drug-likeness (QED) is 0.525. The van der Waals surface area contributed by atoms with Crippen molar-refractivity contribution in [2.75, 3.05) is 20.8 Å². The molecule has 0 aliphatic carbocycles. The average molecular weight is 386 g/mol. The molecule has 0 radical (unpaired) electrons. The second kappa shape index (κ2) is 8.88. The van der Waals surface area contributed by atoms with Gasteiger partial charge >= 0.3 is 5.69 Å². The van der Waals surface area contributed by atoms with E-state index in [2.05, 4.69) is 4.98 Å². The number of methoxy groups -OCH3 is 2. The van der Waals surface area contributed by atoms with Gasteiger partial charge in [0.15, 0.2) is 11.2 Å². The van der Waals surface area contributed by atoms with E-state index in [1.165, 1.54) is 4.57 Å². The van der Waals surface area contributed by atoms with E-state index in [1.54, 1.807) is 29.7 Å². The summed E-state index contributed by atoms with van der Waals surface area (Å²) >= 11 is 0. The number of hydrogen-bond acceptors (Lipinski definition) is 5. The molecular formula is C20H26N4O4. The van der Waals surface area contributed by atoms with Crippen molar-refractivity contribution in [3.05, 3.63) is 57.0 Å². The Morgan fingerprint density at radius 1 is 1.04 bits per heavy atom. The lowest BCUT2D eigenvalue weighted by Crippen LogP contribution is -2.41. The smallest absolute Gasteiger partial charge is 0.332 e. The first-order chi connectivity index (χ1) is 13.6. The van der Waals surface area contributed by atoms with Crippen LogP contribution in [0.5, 0.6) is 5.75 Å². The molecular weight excluding hydrogens is 360 g/mol. The van der Waals surface area contributed by atoms with Gasteiger partial charge in [0.25, 0.3) is 5.56 Å². The number of ether oxygens (including phenoxy) is 2. The van der Waals surface area contributed by atoms with Crippen molar-refractivity contribution in [2.45, 2.75) is 39.4 Å². The van der Waals surface area contributed by atoms with E-state index in [0.29, 0.717) is 43.8 Å². The lowest BCUT2D eigenvalue weighted by molar-refractivity contribution is 0.189. The maximum Gasteiger partial charge on any atom is 0.332 e. The highest BCUT2D eigenvalue weighted by Crippen LogP contribution is 2.15. The minimum absolute atomic E-state index is 0.311. The van der Waals surface area contributed by atoms with Crippen LogP contribution in [0.1, 0.15) is 25.3 Å². The summed E-state index contributed by atoms with van der Waals surface area (Å²) in [6.45, 7) is 3.80. The van der Waals surface area contributed by atoms with Gasteiger partial charge in [-0.15, -0.1) is 0 Å². The topological polar surface area (TPSA) is 80.3 Å². The van der Waals surface area contributed by atoms with Crippen molar-refractivity contribution in [2.24, 2.45) is 0 Å². The van der Waals surface area contributed by atoms with Crippen molar-refractivity contribution in [3.63, 3.8) is 0 Å². The maximum absolute atomic E-state index is 13.1. The van der Waals surface area contributed by atoms with Gasteiger partial charge in [-0.05, 0) is 30.5 Å². The molecule has 2 aromatic heterocycles. The van der Waals surface area contributed by atoms with E-state index in [4.69, 9.17) is 9.47 Å². The Morgan fingerprint density at radius 2 is 1.79 bits per heavy atom. The van der Waals surface area contributed by atoms with E-state index in [1.807, 2.05) is 31.2 Å². The fourth-order valence-corrected chi connectivity index (χ4v) is 3.28. The van der Waals surface area contributed by atoms with Crippen molar-refractivity contribution >= 4 is 11.2 Å². The maximum atomic E-state index is 13.1. The van der Waals surface area contributed by atoms with Crippen LogP contribution in [0, 0.1) is 0 Å². The molecule has 0 atom stereocenters. The third-order valence-corrected chi connectivity index (χ3v) is 4.67. The molecule has 1 aromatic carbocycles. The molecule has 0 aliphatic rings. The molecule has 3 aromatic rings. The van der Waals surface area contributed by atoms with Crippen LogP contribution in [-0.2, 0) is 24.4 Å². The molecule has 0 saturated heterocycles. The minimum Gasteiger partial charge on any atom is -0.497 e. The van der Waals surface area contributed by atoms with E-state index >= 15 is 0 Å². The third-order valence-electron chi connectivity index (χ3n) is 4.67. The Labute approximate surface area is 163 Å². The van der Waals surface area contributed by atoms with Crippen LogP contribution in [0.4, 0.5) is 0 Å². The Kier molecular flexibility index (Phi) is 6.30. The number of aryl methyl sites for hydroxylation is 1. The molecule has 0 unspecified atom stereocenters. The van der Waals surface area contributed by atoms with Crippen LogP contribution >= 0.6 is 0 Å². The number of nitrogens with zero attached hydrogens (tertiary/aromatic N) is 4. The molecule has 0 amide bonds. The third kappa shape index (κ3) is 3.87. The highest BCUT2D eigenvalue weighted by molar-refractivity contribution is 5.70. The van der Waals surface area contributed by atoms with Crippen LogP contribution in [0.2, 0.25) is 0 Å². The summed E-state index contributed by atoms with van der Waals surface area (Å²) in [5.41, 5.74) is 1.27. The standard InChI is InChI=1S/C20H26N4O4/c1-4-10-23-18-17(19(25)24(20(23)26)11-5-12-27-2)22(14-21-18)13-15-6-8-16(28-3)9-7-15/h6-9,14H,4-5,10-13H2,1-3H3. The largest absolute Gasteiger partial charge is 0.497 e. The fraction of sp³-hybridized carbons (Fsp3) is 0.450. The second-order valence-electron chi connectivity index (χ2n) is 6.63. The molecule has 3 rings (SSSR count). The first-order valence-electron chi connectivity index (χ1n) is 9.41. The SMILES string of the molecule is CCCn1c(=O)n(CCCOC)c(=O)c2c1ncn2Cc1ccc(OC)cc1. The van der Waals surface area contributed by atoms with Crippen molar-refractivity contribution < 1.29 is 9.47 Å². The molecule has 0 saturated carbocycles. The zero-order valence-corrected chi connectivity index (χ0v) is 16.6. The summed E-state index contributed by atoms with van der Waals surface area (Å²) in [4.78, 5) is 30.3. The summed E-state index contributed by atoms with van der Waals surface area (Å²) in [6.07, 6.45) is 2.99. The normalized spacial score (nSPS) is 11.2. The Balaban J connectivity index is 2.08. The summed E-state index contributed by atoms with van der Waals surface area (Å²) < 4.78 is 14.9. The van der Waals surface area contributed by atoms with Crippen molar-refractivity contribution in [3.8, 4) is 5.75 Å². The summed E-state index contributed by atoms with van der Waals surface area (Å²) in [5.74, 6) is 0.775. The van der Waals surface area contributed by atoms with Crippen molar-refractivity contribution in [1.29, 1.82) is 0 Å². The lowest BCUT2D eigenvalue weighted by Gasteiger charge is -2.12. The number of rotatable bonds is 9. The fourth-order valence-electron chi connectivity index (χ4n) is 3.28. The van der Waals surface area contributed by atoms with Gasteiger partial charge in [0.2, 0.25) is 0 Å². The molecule has 0 bridgehead atoms. The molecule has 28 heavy (non-hydrogen) atoms. The molecule has 2 heterocycles. The van der Waals surface area contributed by atoms with Crippen molar-refractivity contribution in [1.82, 2.24) is 18.7 Å². The molecule has 150 valence electrons. The molecule has 8 nitrogen and oxygen atoms in total. The second-order valence-corrected chi connectivity index (χ2v) is 6.63. The van der Waals surface area contributed by atoms with Crippen LogP contribution in [0.15, 0.2) is 40.2 Å². The summed E-state index contributed by atoms with van der Waals surface area (Å²) in [5, 5.41) is 0. The van der Waals surface area contributed by atoms with Crippen LogP contribution in [0.3, 0.4) is 0 Å². The van der Waals surface area contributed by atoms with Gasteiger partial charge in [-0.25, -0.2) is 9.78 Å². The van der Waals surface area contributed by atoms with Crippen LogP contribution < -0.4 is 16.0 Å². The van der Waals surface area contributed by atoms with E-state index < -0.39 is 0 Å². The molecule has 8 heteroatoms. The highest BCUT2D eigenvalue weighted by atomic mass is 16.5. The van der Waals surface area contributed by atoms with Gasteiger partial charge < -0.3 is 14.0 Å². The Hall–Kier alpha value is -2.87. The molecule has 0 aliphatic heterocycles. The Morgan fingerprint density at radius 3 is 2.43 bits per heavy atom. The zero-order chi connectivity index (χ0) is 20.1. The van der Waals surface area contributed by atoms with Crippen LogP contribution in [-0.4, -0.2) is 39.5 Å². The number of aromatic nitrogens is 4. The van der Waals surface area contributed by atoms with Gasteiger partial charge in [-0.2, -0.15) is 0 Å². The first-order valence-corrected chi connectivity index (χ1v) is 9.41. The zero-order valence-electron chi connectivity index (χ0n) is 16.6. The van der Waals surface area contributed by atoms with E-state index in [-0.39, 0.29) is 11.2 Å². The number of fused-ring (bicyclic) bond motifs is 1. The number of hydrogen-bond donors (Lipinski definition) is 0. The summed E-state index contributed by atoms with van der Waals surface area (Å²) in [7, 11) is 3.22. The van der Waals surface area contributed by atoms with E-state index in [0.717, 1.165) is 17.7 Å². The van der Waals surface area contributed by atoms with Gasteiger partial charge in [0, 0.05) is 33.4 Å². The number of benzene rings is 1. The summed E-state index contributed by atoms with van der Waals surface area (Å²) in [6, 6.07) is 7.66. The predicted octanol–water partition coefficient (Wildman–Crippen LogP) is 1.86. The molecule has 0 fully saturated rings. The minimum atomic E-state index is -0.315. The van der Waals surface area contributed by atoms with E-state index in [9.17, 15) is 9.59 Å². The monoisotopic (exact) mass is 386 g/mol. The van der Waals surface area contributed by atoms with Crippen LogP contribution in [0.25, 0.3) is 11.2 Å². The van der Waals surface area contributed by atoms with Gasteiger partial charge in [-0.1, -0.05) is 19.1 Å². The highest BCUT2D eigenvalue weighted by Gasteiger charge is 2.17. The Bertz CT molecular complexity index is 1050. The van der Waals surface area contributed by atoms with Gasteiger partial charge in [-0.3, -0.25) is 13.9 Å². The molecule has 0 N–H and O–H groups in total. The first kappa shape index (κ1) is 19.9. The van der Waals surface area contributed by atoms with Gasteiger partial charge in [0.05, 0.1) is 13.4 Å². The average Bonchev–Trinajstić information content (AvgIpc) is 3.12.